The van der Waals surface area contributed by atoms with Crippen molar-refractivity contribution in [3.05, 3.63) is 41.2 Å². The Morgan fingerprint density at radius 3 is 2.83 bits per heavy atom. The van der Waals surface area contributed by atoms with Crippen molar-refractivity contribution in [3.8, 4) is 0 Å². The van der Waals surface area contributed by atoms with E-state index in [1.54, 1.807) is 6.20 Å². The summed E-state index contributed by atoms with van der Waals surface area (Å²) in [7, 11) is 4.11. The highest BCUT2D eigenvalue weighted by molar-refractivity contribution is 14.0. The normalized spacial score (nSPS) is 11.2. The van der Waals surface area contributed by atoms with E-state index in [0.717, 1.165) is 36.6 Å². The van der Waals surface area contributed by atoms with Crippen LogP contribution in [0.25, 0.3) is 0 Å². The van der Waals surface area contributed by atoms with E-state index in [4.69, 9.17) is 0 Å². The minimum Gasteiger partial charge on any atom is -0.357 e. The van der Waals surface area contributed by atoms with Crippen LogP contribution < -0.4 is 5.32 Å². The Labute approximate surface area is 163 Å². The first-order chi connectivity index (χ1) is 10.6. The van der Waals surface area contributed by atoms with Crippen molar-refractivity contribution < 1.29 is 0 Å². The average molecular weight is 495 g/mol. The molecule has 0 atom stereocenters. The van der Waals surface area contributed by atoms with E-state index < -0.39 is 0 Å². The summed E-state index contributed by atoms with van der Waals surface area (Å²) in [5, 5.41) is 3.34. The largest absolute Gasteiger partial charge is 0.357 e. The van der Waals surface area contributed by atoms with Gasteiger partial charge in [-0.15, -0.1) is 24.0 Å². The predicted octanol–water partition coefficient (Wildman–Crippen LogP) is 2.70. The van der Waals surface area contributed by atoms with Gasteiger partial charge in [-0.2, -0.15) is 0 Å². The number of hydrogen-bond donors (Lipinski definition) is 1. The Kier molecular flexibility index (Phi) is 8.67. The molecule has 0 aliphatic carbocycles. The van der Waals surface area contributed by atoms with Gasteiger partial charge in [0.05, 0.1) is 19.4 Å². The Morgan fingerprint density at radius 2 is 2.26 bits per heavy atom. The minimum absolute atomic E-state index is 0. The summed E-state index contributed by atoms with van der Waals surface area (Å²) < 4.78 is 5.25. The quantitative estimate of drug-likeness (QED) is 0.381. The zero-order chi connectivity index (χ0) is 15.9. The van der Waals surface area contributed by atoms with Crippen LogP contribution in [0.5, 0.6) is 0 Å². The number of hydrogen-bond acceptors (Lipinski definition) is 2. The summed E-state index contributed by atoms with van der Waals surface area (Å²) in [6, 6.07) is 2.13. The van der Waals surface area contributed by atoms with Crippen molar-refractivity contribution in [2.45, 2.75) is 20.0 Å². The molecule has 6 nitrogen and oxygen atoms in total. The number of aryl methyl sites for hydroxylation is 1. The topological polar surface area (TPSA) is 50.4 Å². The highest BCUT2D eigenvalue weighted by Gasteiger charge is 2.09. The van der Waals surface area contributed by atoms with Crippen molar-refractivity contribution in [2.75, 3.05) is 20.1 Å². The van der Waals surface area contributed by atoms with E-state index in [1.807, 2.05) is 17.1 Å². The molecule has 2 heterocycles. The molecule has 0 fully saturated rings. The zero-order valence-corrected chi connectivity index (χ0v) is 17.7. The number of nitrogens with zero attached hydrogens (tertiary/aromatic N) is 5. The van der Waals surface area contributed by atoms with E-state index in [9.17, 15) is 0 Å². The molecule has 0 unspecified atom stereocenters. The average Bonchev–Trinajstić information content (AvgIpc) is 3.08. The van der Waals surface area contributed by atoms with Gasteiger partial charge in [-0.25, -0.2) is 4.98 Å². The van der Waals surface area contributed by atoms with Crippen LogP contribution in [-0.2, 0) is 20.1 Å². The van der Waals surface area contributed by atoms with Crippen LogP contribution in [0.15, 0.2) is 40.4 Å². The van der Waals surface area contributed by atoms with Gasteiger partial charge in [-0.3, -0.25) is 4.99 Å². The third kappa shape index (κ3) is 6.17. The molecule has 0 saturated carbocycles. The van der Waals surface area contributed by atoms with E-state index in [0.29, 0.717) is 0 Å². The lowest BCUT2D eigenvalue weighted by atomic mass is 10.4. The highest BCUT2D eigenvalue weighted by atomic mass is 127. The summed E-state index contributed by atoms with van der Waals surface area (Å²) >= 11 is 3.51. The zero-order valence-electron chi connectivity index (χ0n) is 13.7. The fourth-order valence-electron chi connectivity index (χ4n) is 2.20. The van der Waals surface area contributed by atoms with Crippen molar-refractivity contribution in [1.82, 2.24) is 24.3 Å². The van der Waals surface area contributed by atoms with Gasteiger partial charge in [0.15, 0.2) is 5.96 Å². The molecule has 8 heteroatoms. The number of aromatic nitrogens is 3. The maximum Gasteiger partial charge on any atom is 0.194 e. The standard InChI is InChI=1S/C15H23BrN6.HI/c1-4-18-15(19-6-8-22-7-5-17-12-22)21(3)11-14-9-13(16)10-20(14)2;/h5,7,9-10,12H,4,6,8,11H2,1-3H3,(H,18,19);1H. The van der Waals surface area contributed by atoms with Gasteiger partial charge in [0.2, 0.25) is 0 Å². The van der Waals surface area contributed by atoms with Crippen LogP contribution in [0.2, 0.25) is 0 Å². The lowest BCUT2D eigenvalue weighted by molar-refractivity contribution is 0.461. The third-order valence-electron chi connectivity index (χ3n) is 3.35. The van der Waals surface area contributed by atoms with Crippen LogP contribution in [0.1, 0.15) is 12.6 Å². The molecule has 128 valence electrons. The Bertz CT molecular complexity index is 608. The second-order valence-electron chi connectivity index (χ2n) is 5.15. The maximum absolute atomic E-state index is 4.68. The van der Waals surface area contributed by atoms with Crippen LogP contribution in [0.3, 0.4) is 0 Å². The molecule has 0 saturated heterocycles. The SMILES string of the molecule is CCNC(=NCCn1ccnc1)N(C)Cc1cc(Br)cn1C.I. The smallest absolute Gasteiger partial charge is 0.194 e. The van der Waals surface area contributed by atoms with Crippen molar-refractivity contribution >= 4 is 45.9 Å². The fraction of sp³-hybridized carbons (Fsp3) is 0.467. The maximum atomic E-state index is 4.68. The van der Waals surface area contributed by atoms with E-state index in [-0.39, 0.29) is 24.0 Å². The highest BCUT2D eigenvalue weighted by Crippen LogP contribution is 2.14. The Morgan fingerprint density at radius 1 is 1.48 bits per heavy atom. The molecule has 23 heavy (non-hydrogen) atoms. The van der Waals surface area contributed by atoms with Gasteiger partial charge in [-0.1, -0.05) is 0 Å². The number of guanidine groups is 1. The Hall–Kier alpha value is -1.03. The monoisotopic (exact) mass is 494 g/mol. The lowest BCUT2D eigenvalue weighted by Crippen LogP contribution is -2.39. The van der Waals surface area contributed by atoms with Gasteiger partial charge in [0.1, 0.15) is 0 Å². The van der Waals surface area contributed by atoms with Crippen LogP contribution >= 0.6 is 39.9 Å². The molecular weight excluding hydrogens is 471 g/mol. The molecular formula is C15H24BrIN6. The number of halogens is 2. The molecule has 2 rings (SSSR count). The number of rotatable bonds is 6. The minimum atomic E-state index is 0. The Balaban J connectivity index is 0.00000264. The molecule has 0 aromatic carbocycles. The van der Waals surface area contributed by atoms with E-state index in [1.165, 1.54) is 5.69 Å². The van der Waals surface area contributed by atoms with Gasteiger partial charge in [0.25, 0.3) is 0 Å². The van der Waals surface area contributed by atoms with Crippen molar-refractivity contribution in [2.24, 2.45) is 12.0 Å². The van der Waals surface area contributed by atoms with E-state index >= 15 is 0 Å². The number of aliphatic imine (C=N–C) groups is 1. The summed E-state index contributed by atoms with van der Waals surface area (Å²) in [6.45, 7) is 5.29. The van der Waals surface area contributed by atoms with Crippen LogP contribution in [0, 0.1) is 0 Å². The lowest BCUT2D eigenvalue weighted by Gasteiger charge is -2.22. The first-order valence-electron chi connectivity index (χ1n) is 7.36. The molecule has 0 spiro atoms. The van der Waals surface area contributed by atoms with Gasteiger partial charge in [0, 0.05) is 55.9 Å². The second-order valence-corrected chi connectivity index (χ2v) is 6.07. The van der Waals surface area contributed by atoms with E-state index in [2.05, 4.69) is 74.0 Å². The van der Waals surface area contributed by atoms with Crippen molar-refractivity contribution in [1.29, 1.82) is 0 Å². The molecule has 0 radical (unpaired) electrons. The van der Waals surface area contributed by atoms with Crippen LogP contribution in [-0.4, -0.2) is 45.1 Å². The fourth-order valence-corrected chi connectivity index (χ4v) is 2.77. The molecule has 0 aliphatic rings. The molecule has 2 aromatic rings. The summed E-state index contributed by atoms with van der Waals surface area (Å²) in [5.41, 5.74) is 1.23. The second kappa shape index (κ2) is 9.96. The van der Waals surface area contributed by atoms with Crippen molar-refractivity contribution in [3.63, 3.8) is 0 Å². The number of imidazole rings is 1. The van der Waals surface area contributed by atoms with Gasteiger partial charge >= 0.3 is 0 Å². The predicted molar refractivity (Wildman–Crippen MR) is 108 cm³/mol. The third-order valence-corrected chi connectivity index (χ3v) is 3.78. The molecule has 1 N–H and O–H groups in total. The molecule has 0 amide bonds. The number of nitrogens with one attached hydrogen (secondary N) is 1. The molecule has 0 aliphatic heterocycles. The molecule has 0 bridgehead atoms. The van der Waals surface area contributed by atoms with Crippen LogP contribution in [0.4, 0.5) is 0 Å². The molecule has 2 aromatic heterocycles. The summed E-state index contributed by atoms with van der Waals surface area (Å²) in [5.74, 6) is 0.917. The van der Waals surface area contributed by atoms with Gasteiger partial charge < -0.3 is 19.4 Å². The summed E-state index contributed by atoms with van der Waals surface area (Å²) in [4.78, 5) is 10.9. The van der Waals surface area contributed by atoms with Gasteiger partial charge in [-0.05, 0) is 28.9 Å². The first-order valence-corrected chi connectivity index (χ1v) is 8.15. The summed E-state index contributed by atoms with van der Waals surface area (Å²) in [6.07, 6.45) is 7.61. The first kappa shape index (κ1) is 20.0.